The summed E-state index contributed by atoms with van der Waals surface area (Å²) in [5.74, 6) is 1.27. The van der Waals surface area contributed by atoms with Gasteiger partial charge in [-0.1, -0.05) is 17.4 Å². The van der Waals surface area contributed by atoms with E-state index in [9.17, 15) is 9.59 Å². The first-order valence-electron chi connectivity index (χ1n) is 11.2. The summed E-state index contributed by atoms with van der Waals surface area (Å²) < 4.78 is 25.0. The second-order valence-corrected chi connectivity index (χ2v) is 10.6. The number of rotatable bonds is 7. The number of thiazole rings is 1. The maximum absolute atomic E-state index is 13.8. The third-order valence-electron chi connectivity index (χ3n) is 5.80. The molecule has 1 aliphatic heterocycles. The topological polar surface area (TPSA) is 88.4 Å². The van der Waals surface area contributed by atoms with Gasteiger partial charge in [-0.2, -0.15) is 0 Å². The van der Waals surface area contributed by atoms with Gasteiger partial charge in [0.15, 0.2) is 4.80 Å². The first kappa shape index (κ1) is 27.2. The van der Waals surface area contributed by atoms with Crippen molar-refractivity contribution >= 4 is 55.2 Å². The molecule has 0 N–H and O–H groups in total. The fourth-order valence-electron chi connectivity index (χ4n) is 4.10. The first-order chi connectivity index (χ1) is 17.7. The Labute approximate surface area is 234 Å². The number of carbonyl (C=O) groups is 1. The van der Waals surface area contributed by atoms with Gasteiger partial charge in [0.05, 0.1) is 58.7 Å². The van der Waals surface area contributed by atoms with Crippen LogP contribution in [0.4, 0.5) is 0 Å². The van der Waals surface area contributed by atoms with Crippen LogP contribution in [0.15, 0.2) is 60.3 Å². The number of carbonyl (C=O) groups excluding carboxylic acids is 1. The second-order valence-electron chi connectivity index (χ2n) is 7.92. The maximum Gasteiger partial charge on any atom is 0.338 e. The van der Waals surface area contributed by atoms with Crippen molar-refractivity contribution < 1.29 is 23.7 Å². The summed E-state index contributed by atoms with van der Waals surface area (Å²) in [5, 5.41) is 0. The molecule has 0 unspecified atom stereocenters. The maximum atomic E-state index is 13.8. The SMILES string of the molecule is CCOC(=O)C1=C(C)N=c2s/c(=C/c3cc(Br)c(OC)cc3OC)c(=O)n2[C@H]1c1ccc(OC)c(Br)c1. The zero-order valence-electron chi connectivity index (χ0n) is 20.8. The lowest BCUT2D eigenvalue weighted by molar-refractivity contribution is -0.139. The van der Waals surface area contributed by atoms with Gasteiger partial charge in [0, 0.05) is 11.6 Å². The highest BCUT2D eigenvalue weighted by Crippen LogP contribution is 2.35. The number of benzene rings is 2. The number of methoxy groups -OCH3 is 3. The molecule has 4 rings (SSSR count). The van der Waals surface area contributed by atoms with Gasteiger partial charge >= 0.3 is 5.97 Å². The molecule has 0 saturated heterocycles. The molecule has 0 saturated carbocycles. The van der Waals surface area contributed by atoms with Gasteiger partial charge in [-0.25, -0.2) is 9.79 Å². The van der Waals surface area contributed by atoms with E-state index < -0.39 is 12.0 Å². The minimum absolute atomic E-state index is 0.200. The van der Waals surface area contributed by atoms with Crippen LogP contribution in [-0.2, 0) is 9.53 Å². The zero-order chi connectivity index (χ0) is 26.9. The highest BCUT2D eigenvalue weighted by atomic mass is 79.9. The lowest BCUT2D eigenvalue weighted by Gasteiger charge is -2.25. The Bertz CT molecular complexity index is 1590. The van der Waals surface area contributed by atoms with Crippen molar-refractivity contribution in [1.82, 2.24) is 4.57 Å². The zero-order valence-corrected chi connectivity index (χ0v) is 24.7. The Morgan fingerprint density at radius 1 is 1.05 bits per heavy atom. The minimum atomic E-state index is -0.732. The number of nitrogens with zero attached hydrogens (tertiary/aromatic N) is 2. The molecule has 0 amide bonds. The lowest BCUT2D eigenvalue weighted by atomic mass is 9.96. The number of esters is 1. The summed E-state index contributed by atoms with van der Waals surface area (Å²) >= 11 is 8.25. The number of allylic oxidation sites excluding steroid dienone is 1. The molecule has 37 heavy (non-hydrogen) atoms. The third kappa shape index (κ3) is 5.12. The van der Waals surface area contributed by atoms with Crippen LogP contribution in [0.25, 0.3) is 6.08 Å². The molecule has 2 aromatic carbocycles. The number of aromatic nitrogens is 1. The Hall–Kier alpha value is -2.89. The summed E-state index contributed by atoms with van der Waals surface area (Å²) in [5.41, 5.74) is 1.91. The van der Waals surface area contributed by atoms with E-state index in [1.54, 1.807) is 53.4 Å². The van der Waals surface area contributed by atoms with E-state index in [0.29, 0.717) is 53.5 Å². The van der Waals surface area contributed by atoms with Crippen LogP contribution in [-0.4, -0.2) is 38.5 Å². The molecule has 0 radical (unpaired) electrons. The van der Waals surface area contributed by atoms with Crippen molar-refractivity contribution in [3.63, 3.8) is 0 Å². The molecule has 1 aromatic heterocycles. The molecule has 11 heteroatoms. The number of ether oxygens (including phenoxy) is 4. The van der Waals surface area contributed by atoms with Crippen LogP contribution in [0.3, 0.4) is 0 Å². The lowest BCUT2D eigenvalue weighted by Crippen LogP contribution is -2.40. The fourth-order valence-corrected chi connectivity index (χ4v) is 6.22. The van der Waals surface area contributed by atoms with Crippen LogP contribution in [0.1, 0.15) is 31.0 Å². The van der Waals surface area contributed by atoms with Crippen LogP contribution >= 0.6 is 43.2 Å². The van der Waals surface area contributed by atoms with Crippen LogP contribution < -0.4 is 29.1 Å². The van der Waals surface area contributed by atoms with Crippen LogP contribution in [0, 0.1) is 0 Å². The van der Waals surface area contributed by atoms with Crippen molar-refractivity contribution in [2.75, 3.05) is 27.9 Å². The second kappa shape index (κ2) is 11.2. The molecule has 194 valence electrons. The normalized spacial score (nSPS) is 15.2. The third-order valence-corrected chi connectivity index (χ3v) is 8.02. The largest absolute Gasteiger partial charge is 0.496 e. The number of hydrogen-bond acceptors (Lipinski definition) is 8. The van der Waals surface area contributed by atoms with Crippen molar-refractivity contribution in [1.29, 1.82) is 0 Å². The van der Waals surface area contributed by atoms with Crippen LogP contribution in [0.5, 0.6) is 17.2 Å². The van der Waals surface area contributed by atoms with Crippen molar-refractivity contribution in [3.8, 4) is 17.2 Å². The quantitative estimate of drug-likeness (QED) is 0.353. The van der Waals surface area contributed by atoms with E-state index >= 15 is 0 Å². The molecule has 2 heterocycles. The molecule has 1 atom stereocenters. The van der Waals surface area contributed by atoms with Gasteiger partial charge in [0.1, 0.15) is 17.2 Å². The summed E-state index contributed by atoms with van der Waals surface area (Å²) in [6, 6.07) is 8.28. The smallest absolute Gasteiger partial charge is 0.338 e. The van der Waals surface area contributed by atoms with E-state index in [1.165, 1.54) is 15.9 Å². The summed E-state index contributed by atoms with van der Waals surface area (Å²) in [6.07, 6.45) is 1.75. The molecular formula is C26H24Br2N2O6S. The summed E-state index contributed by atoms with van der Waals surface area (Å²) in [7, 11) is 4.69. The van der Waals surface area contributed by atoms with Gasteiger partial charge < -0.3 is 18.9 Å². The predicted octanol–water partition coefficient (Wildman–Crippen LogP) is 4.35. The monoisotopic (exact) mass is 650 g/mol. The molecule has 3 aromatic rings. The van der Waals surface area contributed by atoms with E-state index in [0.717, 1.165) is 4.47 Å². The number of hydrogen-bond donors (Lipinski definition) is 0. The Kier molecular flexibility index (Phi) is 8.25. The van der Waals surface area contributed by atoms with Gasteiger partial charge in [-0.05, 0) is 75.5 Å². The fraction of sp³-hybridized carbons (Fsp3) is 0.269. The Balaban J connectivity index is 1.97. The Morgan fingerprint density at radius 2 is 1.73 bits per heavy atom. The van der Waals surface area contributed by atoms with Gasteiger partial charge in [-0.3, -0.25) is 9.36 Å². The average molecular weight is 652 g/mol. The standard InChI is InChI=1S/C26H24Br2N2O6S/c1-6-36-25(32)22-13(2)29-26-30(23(22)14-7-8-18(33-3)16(27)9-14)24(31)21(37-26)11-15-10-17(28)20(35-5)12-19(15)34-4/h7-12,23H,6H2,1-5H3/b21-11+/t23-/m0/s1. The molecule has 0 aliphatic carbocycles. The van der Waals surface area contributed by atoms with Crippen molar-refractivity contribution in [3.05, 3.63) is 81.4 Å². The first-order valence-corrected chi connectivity index (χ1v) is 13.6. The highest BCUT2D eigenvalue weighted by Gasteiger charge is 2.33. The van der Waals surface area contributed by atoms with Crippen molar-refractivity contribution in [2.45, 2.75) is 19.9 Å². The molecule has 0 spiro atoms. The molecule has 8 nitrogen and oxygen atoms in total. The Morgan fingerprint density at radius 3 is 2.35 bits per heavy atom. The molecule has 1 aliphatic rings. The molecular weight excluding hydrogens is 628 g/mol. The van der Waals surface area contributed by atoms with E-state index in [-0.39, 0.29) is 12.2 Å². The average Bonchev–Trinajstić information content (AvgIpc) is 3.17. The van der Waals surface area contributed by atoms with E-state index in [1.807, 2.05) is 18.2 Å². The predicted molar refractivity (Wildman–Crippen MR) is 148 cm³/mol. The minimum Gasteiger partial charge on any atom is -0.496 e. The van der Waals surface area contributed by atoms with Crippen LogP contribution in [0.2, 0.25) is 0 Å². The molecule has 0 bridgehead atoms. The van der Waals surface area contributed by atoms with Crippen molar-refractivity contribution in [2.24, 2.45) is 4.99 Å². The van der Waals surface area contributed by atoms with E-state index in [4.69, 9.17) is 18.9 Å². The summed E-state index contributed by atoms with van der Waals surface area (Å²) in [6.45, 7) is 3.69. The van der Waals surface area contributed by atoms with E-state index in [2.05, 4.69) is 36.9 Å². The van der Waals surface area contributed by atoms with Gasteiger partial charge in [0.2, 0.25) is 0 Å². The number of fused-ring (bicyclic) bond motifs is 1. The van der Waals surface area contributed by atoms with Gasteiger partial charge in [-0.15, -0.1) is 0 Å². The summed E-state index contributed by atoms with van der Waals surface area (Å²) in [4.78, 5) is 32.0. The highest BCUT2D eigenvalue weighted by molar-refractivity contribution is 9.10. The molecule has 0 fully saturated rings. The van der Waals surface area contributed by atoms with Gasteiger partial charge in [0.25, 0.3) is 5.56 Å². The number of halogens is 2.